The van der Waals surface area contributed by atoms with Crippen LogP contribution in [0.25, 0.3) is 0 Å². The summed E-state index contributed by atoms with van der Waals surface area (Å²) in [7, 11) is 0. The van der Waals surface area contributed by atoms with Crippen LogP contribution < -0.4 is 10.1 Å². The third-order valence-corrected chi connectivity index (χ3v) is 5.44. The molecule has 0 radical (unpaired) electrons. The lowest BCUT2D eigenvalue weighted by Crippen LogP contribution is -2.26. The van der Waals surface area contributed by atoms with E-state index in [-0.39, 0.29) is 17.4 Å². The first kappa shape index (κ1) is 17.0. The highest BCUT2D eigenvalue weighted by Crippen LogP contribution is 2.46. The number of benzene rings is 1. The Morgan fingerprint density at radius 1 is 1.21 bits per heavy atom. The van der Waals surface area contributed by atoms with Crippen LogP contribution in [0, 0.1) is 0 Å². The molecular weight excluding hydrogens is 352 g/mol. The molecule has 6 heteroatoms. The van der Waals surface area contributed by atoms with Crippen molar-refractivity contribution < 1.29 is 9.53 Å². The molecule has 3 aromatic rings. The van der Waals surface area contributed by atoms with Gasteiger partial charge < -0.3 is 10.1 Å². The predicted octanol–water partition coefficient (Wildman–Crippen LogP) is 3.51. The second-order valence-electron chi connectivity index (χ2n) is 8.15. The predicted molar refractivity (Wildman–Crippen MR) is 106 cm³/mol. The van der Waals surface area contributed by atoms with E-state index in [0.29, 0.717) is 13.0 Å². The molecule has 1 unspecified atom stereocenters. The van der Waals surface area contributed by atoms with Gasteiger partial charge in [-0.05, 0) is 31.0 Å². The van der Waals surface area contributed by atoms with Crippen LogP contribution in [0.5, 0.6) is 5.75 Å². The number of hydrogen-bond donors (Lipinski definition) is 1. The van der Waals surface area contributed by atoms with Crippen LogP contribution in [0.15, 0.2) is 48.9 Å². The second kappa shape index (κ2) is 6.19. The molecule has 2 aromatic heterocycles. The summed E-state index contributed by atoms with van der Waals surface area (Å²) < 4.78 is 8.10. The summed E-state index contributed by atoms with van der Waals surface area (Å²) >= 11 is 0. The lowest BCUT2D eigenvalue weighted by Gasteiger charge is -2.26. The molecular formula is C22H22N4O2. The SMILES string of the molecule is CC1(C)Cc2cccc(C3CC(=O)Nc4c3cnn4Cc3cccnc3)c2O1. The first-order valence-corrected chi connectivity index (χ1v) is 9.55. The molecule has 2 aliphatic rings. The lowest BCUT2D eigenvalue weighted by molar-refractivity contribution is -0.116. The van der Waals surface area contributed by atoms with Gasteiger partial charge >= 0.3 is 0 Å². The Labute approximate surface area is 163 Å². The quantitative estimate of drug-likeness (QED) is 0.762. The Balaban J connectivity index is 1.55. The van der Waals surface area contributed by atoms with E-state index in [1.54, 1.807) is 6.20 Å². The molecule has 0 saturated heterocycles. The third-order valence-electron chi connectivity index (χ3n) is 5.44. The van der Waals surface area contributed by atoms with Crippen LogP contribution in [0.3, 0.4) is 0 Å². The van der Waals surface area contributed by atoms with Crippen molar-refractivity contribution in [3.63, 3.8) is 0 Å². The zero-order chi connectivity index (χ0) is 19.3. The number of para-hydroxylation sites is 1. The molecule has 4 heterocycles. The number of nitrogens with one attached hydrogen (secondary N) is 1. The number of ether oxygens (including phenoxy) is 1. The maximum atomic E-state index is 12.5. The van der Waals surface area contributed by atoms with Gasteiger partial charge in [0.25, 0.3) is 0 Å². The normalized spacial score (nSPS) is 19.5. The number of fused-ring (bicyclic) bond motifs is 2. The largest absolute Gasteiger partial charge is 0.487 e. The average Bonchev–Trinajstić information content (AvgIpc) is 3.20. The average molecular weight is 374 g/mol. The first-order chi connectivity index (χ1) is 13.5. The third kappa shape index (κ3) is 2.85. The minimum absolute atomic E-state index is 0.000275. The highest BCUT2D eigenvalue weighted by molar-refractivity contribution is 5.94. The molecule has 5 rings (SSSR count). The van der Waals surface area contributed by atoms with Gasteiger partial charge in [-0.25, -0.2) is 4.68 Å². The summed E-state index contributed by atoms with van der Waals surface area (Å²) in [5.74, 6) is 1.63. The highest BCUT2D eigenvalue weighted by Gasteiger charge is 2.37. The minimum Gasteiger partial charge on any atom is -0.487 e. The minimum atomic E-state index is -0.220. The maximum absolute atomic E-state index is 12.5. The van der Waals surface area contributed by atoms with Crippen molar-refractivity contribution in [3.8, 4) is 5.75 Å². The number of hydrogen-bond acceptors (Lipinski definition) is 4. The van der Waals surface area contributed by atoms with Gasteiger partial charge in [0.1, 0.15) is 17.2 Å². The molecule has 0 aliphatic carbocycles. The van der Waals surface area contributed by atoms with Gasteiger partial charge in [-0.15, -0.1) is 0 Å². The molecule has 28 heavy (non-hydrogen) atoms. The van der Waals surface area contributed by atoms with E-state index < -0.39 is 0 Å². The van der Waals surface area contributed by atoms with Crippen LogP contribution in [0.2, 0.25) is 0 Å². The fourth-order valence-electron chi connectivity index (χ4n) is 4.25. The van der Waals surface area contributed by atoms with Crippen LogP contribution in [0.1, 0.15) is 48.4 Å². The molecule has 142 valence electrons. The number of amides is 1. The molecule has 6 nitrogen and oxygen atoms in total. The molecule has 0 spiro atoms. The van der Waals surface area contributed by atoms with E-state index in [2.05, 4.69) is 47.4 Å². The van der Waals surface area contributed by atoms with Crippen molar-refractivity contribution in [2.75, 3.05) is 5.32 Å². The fraction of sp³-hybridized carbons (Fsp3) is 0.318. The summed E-state index contributed by atoms with van der Waals surface area (Å²) in [6, 6.07) is 10.2. The zero-order valence-electron chi connectivity index (χ0n) is 16.0. The Kier molecular flexibility index (Phi) is 3.75. The standard InChI is InChI=1S/C22H22N4O2/c1-22(2)10-15-6-3-7-16(20(15)28-22)17-9-19(27)25-21-18(17)12-24-26(21)13-14-5-4-8-23-11-14/h3-8,11-12,17H,9-10,13H2,1-2H3,(H,25,27). The Bertz CT molecular complexity index is 1060. The van der Waals surface area contributed by atoms with E-state index >= 15 is 0 Å². The van der Waals surface area contributed by atoms with E-state index in [4.69, 9.17) is 4.74 Å². The summed E-state index contributed by atoms with van der Waals surface area (Å²) in [5.41, 5.74) is 4.13. The molecule has 0 fully saturated rings. The van der Waals surface area contributed by atoms with Crippen LogP contribution >= 0.6 is 0 Å². The van der Waals surface area contributed by atoms with E-state index in [9.17, 15) is 4.79 Å². The maximum Gasteiger partial charge on any atom is 0.226 e. The zero-order valence-corrected chi connectivity index (χ0v) is 16.0. The second-order valence-corrected chi connectivity index (χ2v) is 8.15. The molecule has 1 amide bonds. The van der Waals surface area contributed by atoms with Crippen molar-refractivity contribution in [3.05, 3.63) is 71.2 Å². The molecule has 1 N–H and O–H groups in total. The van der Waals surface area contributed by atoms with Crippen molar-refractivity contribution in [2.24, 2.45) is 0 Å². The summed E-state index contributed by atoms with van der Waals surface area (Å²) in [6.07, 6.45) is 6.71. The number of carbonyl (C=O) groups is 1. The topological polar surface area (TPSA) is 69.0 Å². The first-order valence-electron chi connectivity index (χ1n) is 9.55. The molecule has 0 saturated carbocycles. The van der Waals surface area contributed by atoms with E-state index in [1.807, 2.05) is 29.2 Å². The summed E-state index contributed by atoms with van der Waals surface area (Å²) in [5, 5.41) is 7.57. The van der Waals surface area contributed by atoms with Crippen molar-refractivity contribution in [1.29, 1.82) is 0 Å². The number of nitrogens with zero attached hydrogens (tertiary/aromatic N) is 3. The number of carbonyl (C=O) groups excluding carboxylic acids is 1. The lowest BCUT2D eigenvalue weighted by atomic mass is 9.85. The monoisotopic (exact) mass is 374 g/mol. The number of anilines is 1. The fourth-order valence-corrected chi connectivity index (χ4v) is 4.25. The van der Waals surface area contributed by atoms with E-state index in [0.717, 1.165) is 34.7 Å². The molecule has 2 aliphatic heterocycles. The van der Waals surface area contributed by atoms with Gasteiger partial charge in [0, 0.05) is 42.3 Å². The van der Waals surface area contributed by atoms with Gasteiger partial charge in [0.15, 0.2) is 0 Å². The molecule has 1 aromatic carbocycles. The summed E-state index contributed by atoms with van der Waals surface area (Å²) in [6.45, 7) is 4.76. The van der Waals surface area contributed by atoms with E-state index in [1.165, 1.54) is 5.56 Å². The van der Waals surface area contributed by atoms with Gasteiger partial charge in [-0.2, -0.15) is 5.10 Å². The van der Waals surface area contributed by atoms with Crippen LogP contribution in [0.4, 0.5) is 5.82 Å². The van der Waals surface area contributed by atoms with Gasteiger partial charge in [0.2, 0.25) is 5.91 Å². The van der Waals surface area contributed by atoms with Crippen molar-refractivity contribution in [2.45, 2.75) is 44.8 Å². The summed E-state index contributed by atoms with van der Waals surface area (Å²) in [4.78, 5) is 16.7. The van der Waals surface area contributed by atoms with Crippen LogP contribution in [-0.2, 0) is 17.8 Å². The smallest absolute Gasteiger partial charge is 0.226 e. The Morgan fingerprint density at radius 3 is 2.93 bits per heavy atom. The Morgan fingerprint density at radius 2 is 2.11 bits per heavy atom. The highest BCUT2D eigenvalue weighted by atomic mass is 16.5. The van der Waals surface area contributed by atoms with Crippen LogP contribution in [-0.4, -0.2) is 26.3 Å². The molecule has 0 bridgehead atoms. The van der Waals surface area contributed by atoms with Gasteiger partial charge in [-0.3, -0.25) is 9.78 Å². The Hall–Kier alpha value is -3.15. The van der Waals surface area contributed by atoms with Crippen molar-refractivity contribution in [1.82, 2.24) is 14.8 Å². The molecule has 1 atom stereocenters. The number of pyridine rings is 1. The van der Waals surface area contributed by atoms with Gasteiger partial charge in [-0.1, -0.05) is 24.3 Å². The van der Waals surface area contributed by atoms with Crippen molar-refractivity contribution >= 4 is 11.7 Å². The van der Waals surface area contributed by atoms with Gasteiger partial charge in [0.05, 0.1) is 12.7 Å². The number of aromatic nitrogens is 3. The number of rotatable bonds is 3.